The Bertz CT molecular complexity index is 124. The molecule has 0 radical (unpaired) electrons. The van der Waals surface area contributed by atoms with Crippen LogP contribution in [-0.4, -0.2) is 26.0 Å². The van der Waals surface area contributed by atoms with E-state index in [0.717, 1.165) is 19.5 Å². The molecule has 3 heteroatoms. The average molecular weight is 172 g/mol. The number of hydrogen-bond donors (Lipinski definition) is 2. The minimum atomic E-state index is 0.144. The van der Waals surface area contributed by atoms with Gasteiger partial charge in [-0.15, -0.1) is 0 Å². The first kappa shape index (κ1) is 11.4. The molecule has 0 saturated heterocycles. The Kier molecular flexibility index (Phi) is 6.76. The zero-order valence-electron chi connectivity index (χ0n) is 8.31. The second-order valence-corrected chi connectivity index (χ2v) is 3.39. The maximum Gasteiger partial charge on any atom is 0.221 e. The maximum atomic E-state index is 11.0. The third kappa shape index (κ3) is 7.54. The molecule has 0 rings (SSSR count). The van der Waals surface area contributed by atoms with Crippen LogP contribution in [0.2, 0.25) is 0 Å². The Balaban J connectivity index is 3.20. The standard InChI is InChI=1S/C9H20N2O/c1-8(2)4-7-11-9(12)5-6-10-3/h8,10H,4-7H2,1-3H3,(H,11,12). The van der Waals surface area contributed by atoms with Gasteiger partial charge < -0.3 is 10.6 Å². The summed E-state index contributed by atoms with van der Waals surface area (Å²) in [5, 5.41) is 5.81. The highest BCUT2D eigenvalue weighted by Gasteiger charge is 1.99. The summed E-state index contributed by atoms with van der Waals surface area (Å²) in [6, 6.07) is 0. The smallest absolute Gasteiger partial charge is 0.221 e. The molecule has 3 nitrogen and oxygen atoms in total. The molecule has 0 bridgehead atoms. The van der Waals surface area contributed by atoms with Crippen molar-refractivity contribution in [1.29, 1.82) is 0 Å². The third-order valence-corrected chi connectivity index (χ3v) is 1.65. The lowest BCUT2D eigenvalue weighted by molar-refractivity contribution is -0.121. The van der Waals surface area contributed by atoms with Gasteiger partial charge in [0, 0.05) is 19.5 Å². The molecule has 0 aromatic rings. The second kappa shape index (κ2) is 7.10. The summed E-state index contributed by atoms with van der Waals surface area (Å²) in [5.41, 5.74) is 0. The zero-order valence-corrected chi connectivity index (χ0v) is 8.31. The summed E-state index contributed by atoms with van der Waals surface area (Å²) >= 11 is 0. The monoisotopic (exact) mass is 172 g/mol. The lowest BCUT2D eigenvalue weighted by Gasteiger charge is -2.06. The highest BCUT2D eigenvalue weighted by molar-refractivity contribution is 5.75. The Morgan fingerprint density at radius 3 is 2.50 bits per heavy atom. The third-order valence-electron chi connectivity index (χ3n) is 1.65. The lowest BCUT2D eigenvalue weighted by Crippen LogP contribution is -2.27. The van der Waals surface area contributed by atoms with Crippen LogP contribution in [0.25, 0.3) is 0 Å². The molecule has 0 aromatic carbocycles. The van der Waals surface area contributed by atoms with Crippen molar-refractivity contribution in [3.63, 3.8) is 0 Å². The van der Waals surface area contributed by atoms with Gasteiger partial charge in [0.1, 0.15) is 0 Å². The number of rotatable bonds is 6. The van der Waals surface area contributed by atoms with Crippen molar-refractivity contribution in [2.45, 2.75) is 26.7 Å². The van der Waals surface area contributed by atoms with Crippen LogP contribution in [0.15, 0.2) is 0 Å². The van der Waals surface area contributed by atoms with Crippen LogP contribution >= 0.6 is 0 Å². The molecule has 0 heterocycles. The van der Waals surface area contributed by atoms with Crippen molar-refractivity contribution in [2.75, 3.05) is 20.1 Å². The normalized spacial score (nSPS) is 10.3. The van der Waals surface area contributed by atoms with Gasteiger partial charge in [-0.2, -0.15) is 0 Å². The minimum absolute atomic E-state index is 0.144. The average Bonchev–Trinajstić information content (AvgIpc) is 2.00. The molecule has 0 saturated carbocycles. The van der Waals surface area contributed by atoms with Gasteiger partial charge in [0.15, 0.2) is 0 Å². The summed E-state index contributed by atoms with van der Waals surface area (Å²) in [7, 11) is 1.85. The summed E-state index contributed by atoms with van der Waals surface area (Å²) < 4.78 is 0. The molecule has 0 aromatic heterocycles. The van der Waals surface area contributed by atoms with Gasteiger partial charge in [-0.25, -0.2) is 0 Å². The van der Waals surface area contributed by atoms with Crippen molar-refractivity contribution in [3.05, 3.63) is 0 Å². The van der Waals surface area contributed by atoms with Gasteiger partial charge in [-0.3, -0.25) is 4.79 Å². The minimum Gasteiger partial charge on any atom is -0.356 e. The number of amides is 1. The van der Waals surface area contributed by atoms with E-state index in [9.17, 15) is 4.79 Å². The van der Waals surface area contributed by atoms with Crippen LogP contribution in [0.5, 0.6) is 0 Å². The van der Waals surface area contributed by atoms with E-state index in [2.05, 4.69) is 24.5 Å². The molecule has 2 N–H and O–H groups in total. The SMILES string of the molecule is CNCCC(=O)NCCC(C)C. The molecule has 0 aliphatic heterocycles. The molecule has 72 valence electrons. The number of carbonyl (C=O) groups is 1. The molecule has 0 unspecified atom stereocenters. The Morgan fingerprint density at radius 1 is 1.33 bits per heavy atom. The van der Waals surface area contributed by atoms with E-state index in [4.69, 9.17) is 0 Å². The quantitative estimate of drug-likeness (QED) is 0.621. The predicted octanol–water partition coefficient (Wildman–Crippen LogP) is 0.758. The van der Waals surface area contributed by atoms with Crippen molar-refractivity contribution >= 4 is 5.91 Å². The molecular weight excluding hydrogens is 152 g/mol. The number of hydrogen-bond acceptors (Lipinski definition) is 2. The molecule has 0 spiro atoms. The maximum absolute atomic E-state index is 11.0. The molecule has 0 aliphatic carbocycles. The van der Waals surface area contributed by atoms with Gasteiger partial charge in [0.2, 0.25) is 5.91 Å². The number of nitrogens with one attached hydrogen (secondary N) is 2. The Morgan fingerprint density at radius 2 is 2.00 bits per heavy atom. The van der Waals surface area contributed by atoms with Gasteiger partial charge in [0.25, 0.3) is 0 Å². The van der Waals surface area contributed by atoms with Gasteiger partial charge in [0.05, 0.1) is 0 Å². The van der Waals surface area contributed by atoms with E-state index in [0.29, 0.717) is 12.3 Å². The van der Waals surface area contributed by atoms with Crippen LogP contribution in [0.3, 0.4) is 0 Å². The Hall–Kier alpha value is -0.570. The van der Waals surface area contributed by atoms with E-state index < -0.39 is 0 Å². The molecular formula is C9H20N2O. The van der Waals surface area contributed by atoms with E-state index in [1.165, 1.54) is 0 Å². The Labute approximate surface area is 74.9 Å². The molecule has 0 atom stereocenters. The van der Waals surface area contributed by atoms with Crippen molar-refractivity contribution < 1.29 is 4.79 Å². The van der Waals surface area contributed by atoms with Crippen LogP contribution in [0, 0.1) is 5.92 Å². The highest BCUT2D eigenvalue weighted by Crippen LogP contribution is 1.96. The fraction of sp³-hybridized carbons (Fsp3) is 0.889. The van der Waals surface area contributed by atoms with Gasteiger partial charge in [-0.05, 0) is 19.4 Å². The first-order valence-corrected chi connectivity index (χ1v) is 4.58. The molecule has 12 heavy (non-hydrogen) atoms. The van der Waals surface area contributed by atoms with Crippen molar-refractivity contribution in [1.82, 2.24) is 10.6 Å². The van der Waals surface area contributed by atoms with Gasteiger partial charge in [-0.1, -0.05) is 13.8 Å². The summed E-state index contributed by atoms with van der Waals surface area (Å²) in [6.45, 7) is 5.87. The largest absolute Gasteiger partial charge is 0.356 e. The van der Waals surface area contributed by atoms with Gasteiger partial charge >= 0.3 is 0 Å². The van der Waals surface area contributed by atoms with E-state index in [1.807, 2.05) is 7.05 Å². The zero-order chi connectivity index (χ0) is 9.40. The summed E-state index contributed by atoms with van der Waals surface area (Å²) in [5.74, 6) is 0.805. The topological polar surface area (TPSA) is 41.1 Å². The lowest BCUT2D eigenvalue weighted by atomic mass is 10.1. The fourth-order valence-electron chi connectivity index (χ4n) is 0.827. The predicted molar refractivity (Wildman–Crippen MR) is 51.0 cm³/mol. The van der Waals surface area contributed by atoms with Crippen LogP contribution in [0.1, 0.15) is 26.7 Å². The highest BCUT2D eigenvalue weighted by atomic mass is 16.1. The molecule has 1 amide bonds. The van der Waals surface area contributed by atoms with Crippen molar-refractivity contribution in [3.8, 4) is 0 Å². The second-order valence-electron chi connectivity index (χ2n) is 3.39. The summed E-state index contributed by atoms with van der Waals surface area (Å²) in [4.78, 5) is 11.0. The van der Waals surface area contributed by atoms with E-state index in [1.54, 1.807) is 0 Å². The summed E-state index contributed by atoms with van der Waals surface area (Å²) in [6.07, 6.45) is 1.64. The van der Waals surface area contributed by atoms with Crippen LogP contribution < -0.4 is 10.6 Å². The van der Waals surface area contributed by atoms with Crippen molar-refractivity contribution in [2.24, 2.45) is 5.92 Å². The molecule has 0 fully saturated rings. The molecule has 0 aliphatic rings. The van der Waals surface area contributed by atoms with E-state index in [-0.39, 0.29) is 5.91 Å². The van der Waals surface area contributed by atoms with Crippen LogP contribution in [-0.2, 0) is 4.79 Å². The first-order chi connectivity index (χ1) is 5.66. The first-order valence-electron chi connectivity index (χ1n) is 4.58. The van der Waals surface area contributed by atoms with Crippen LogP contribution in [0.4, 0.5) is 0 Å². The van der Waals surface area contributed by atoms with E-state index >= 15 is 0 Å². The fourth-order valence-corrected chi connectivity index (χ4v) is 0.827. The number of carbonyl (C=O) groups excluding carboxylic acids is 1.